The van der Waals surface area contributed by atoms with Gasteiger partial charge in [0.25, 0.3) is 5.91 Å². The molecule has 23 heavy (non-hydrogen) atoms. The summed E-state index contributed by atoms with van der Waals surface area (Å²) in [5, 5.41) is 15.9. The molecule has 1 heterocycles. The first kappa shape index (κ1) is 14.8. The molecule has 0 saturated heterocycles. The molecule has 1 aliphatic rings. The van der Waals surface area contributed by atoms with Crippen LogP contribution in [0.3, 0.4) is 0 Å². The van der Waals surface area contributed by atoms with Gasteiger partial charge < -0.3 is 10.4 Å². The lowest BCUT2D eigenvalue weighted by atomic mass is 10.1. The molecule has 0 fully saturated rings. The molecule has 0 bridgehead atoms. The number of para-hydroxylation sites is 1. The Morgan fingerprint density at radius 2 is 2.04 bits per heavy atom. The molecule has 0 saturated carbocycles. The summed E-state index contributed by atoms with van der Waals surface area (Å²) in [5.41, 5.74) is 6.13. The van der Waals surface area contributed by atoms with Gasteiger partial charge in [0.2, 0.25) is 0 Å². The van der Waals surface area contributed by atoms with Gasteiger partial charge in [0.15, 0.2) is 5.71 Å². The summed E-state index contributed by atoms with van der Waals surface area (Å²) in [7, 11) is 0. The number of hydrazone groups is 1. The van der Waals surface area contributed by atoms with Crippen LogP contribution in [-0.2, 0) is 11.2 Å². The number of rotatable bonds is 4. The van der Waals surface area contributed by atoms with Gasteiger partial charge in [-0.2, -0.15) is 5.10 Å². The van der Waals surface area contributed by atoms with Crippen LogP contribution < -0.4 is 10.7 Å². The summed E-state index contributed by atoms with van der Waals surface area (Å²) in [6.45, 7) is 2.03. The first-order valence-electron chi connectivity index (χ1n) is 7.21. The number of carboxylic acid groups (broad SMARTS) is 1. The SMILES string of the molecule is CCc1ccccc1N/N=C1\C(=O)Nc2ccc(C(=O)O)cc21. The molecule has 6 heteroatoms. The average Bonchev–Trinajstić information content (AvgIpc) is 2.87. The molecule has 116 valence electrons. The van der Waals surface area contributed by atoms with E-state index in [4.69, 9.17) is 5.11 Å². The first-order chi connectivity index (χ1) is 11.1. The van der Waals surface area contributed by atoms with E-state index in [2.05, 4.69) is 15.8 Å². The number of anilines is 2. The fraction of sp³-hybridized carbons (Fsp3) is 0.118. The van der Waals surface area contributed by atoms with Gasteiger partial charge in [-0.1, -0.05) is 25.1 Å². The number of aryl methyl sites for hydroxylation is 1. The zero-order chi connectivity index (χ0) is 16.4. The van der Waals surface area contributed by atoms with Crippen LogP contribution in [0.5, 0.6) is 0 Å². The van der Waals surface area contributed by atoms with Crippen LogP contribution in [0.1, 0.15) is 28.4 Å². The van der Waals surface area contributed by atoms with E-state index in [1.807, 2.05) is 31.2 Å². The van der Waals surface area contributed by atoms with Crippen molar-refractivity contribution in [1.29, 1.82) is 0 Å². The molecule has 6 nitrogen and oxygen atoms in total. The minimum atomic E-state index is -1.05. The maximum Gasteiger partial charge on any atom is 0.335 e. The van der Waals surface area contributed by atoms with Crippen LogP contribution in [0.4, 0.5) is 11.4 Å². The highest BCUT2D eigenvalue weighted by Crippen LogP contribution is 2.25. The number of nitrogens with zero attached hydrogens (tertiary/aromatic N) is 1. The molecule has 3 rings (SSSR count). The van der Waals surface area contributed by atoms with E-state index >= 15 is 0 Å². The summed E-state index contributed by atoms with van der Waals surface area (Å²) < 4.78 is 0. The van der Waals surface area contributed by atoms with Crippen molar-refractivity contribution in [3.8, 4) is 0 Å². The molecule has 0 aliphatic carbocycles. The van der Waals surface area contributed by atoms with Gasteiger partial charge in [-0.3, -0.25) is 10.2 Å². The maximum atomic E-state index is 12.1. The number of aromatic carboxylic acids is 1. The van der Waals surface area contributed by atoms with Crippen molar-refractivity contribution < 1.29 is 14.7 Å². The monoisotopic (exact) mass is 309 g/mol. The Hall–Kier alpha value is -3.15. The number of amides is 1. The van der Waals surface area contributed by atoms with Gasteiger partial charge in [0.1, 0.15) is 0 Å². The Morgan fingerprint density at radius 3 is 2.78 bits per heavy atom. The number of nitrogens with one attached hydrogen (secondary N) is 2. The number of hydrogen-bond donors (Lipinski definition) is 3. The summed E-state index contributed by atoms with van der Waals surface area (Å²) in [6, 6.07) is 12.1. The van der Waals surface area contributed by atoms with Crippen molar-refractivity contribution in [3.63, 3.8) is 0 Å². The number of hydrogen-bond acceptors (Lipinski definition) is 4. The first-order valence-corrected chi connectivity index (χ1v) is 7.21. The van der Waals surface area contributed by atoms with E-state index in [1.54, 1.807) is 6.07 Å². The van der Waals surface area contributed by atoms with Crippen molar-refractivity contribution in [1.82, 2.24) is 0 Å². The van der Waals surface area contributed by atoms with Crippen LogP contribution in [0.2, 0.25) is 0 Å². The fourth-order valence-electron chi connectivity index (χ4n) is 2.45. The summed E-state index contributed by atoms with van der Waals surface area (Å²) in [6.07, 6.45) is 0.833. The lowest BCUT2D eigenvalue weighted by Crippen LogP contribution is -2.16. The standard InChI is InChI=1S/C17H15N3O3/c1-2-10-5-3-4-6-13(10)19-20-15-12-9-11(17(22)23)7-8-14(12)18-16(15)21/h3-9,19H,2H2,1H3,(H,22,23)(H,18,20,21). The van der Waals surface area contributed by atoms with Crippen molar-refractivity contribution in [3.05, 3.63) is 59.2 Å². The molecule has 3 N–H and O–H groups in total. The van der Waals surface area contributed by atoms with E-state index < -0.39 is 5.97 Å². The summed E-state index contributed by atoms with van der Waals surface area (Å²) >= 11 is 0. The van der Waals surface area contributed by atoms with Crippen molar-refractivity contribution in [2.24, 2.45) is 5.10 Å². The van der Waals surface area contributed by atoms with Crippen molar-refractivity contribution >= 4 is 29.0 Å². The number of carbonyl (C=O) groups is 2. The molecule has 2 aromatic carbocycles. The Labute approximate surface area is 132 Å². The van der Waals surface area contributed by atoms with Gasteiger partial charge in [-0.15, -0.1) is 0 Å². The quantitative estimate of drug-likeness (QED) is 0.757. The third-order valence-corrected chi connectivity index (χ3v) is 3.67. The van der Waals surface area contributed by atoms with Crippen LogP contribution in [0.25, 0.3) is 0 Å². The third-order valence-electron chi connectivity index (χ3n) is 3.67. The molecule has 0 unspecified atom stereocenters. The largest absolute Gasteiger partial charge is 0.478 e. The minimum absolute atomic E-state index is 0.113. The molecular formula is C17H15N3O3. The van der Waals surface area contributed by atoms with Gasteiger partial charge in [-0.05, 0) is 36.2 Å². The third kappa shape index (κ3) is 2.78. The predicted molar refractivity (Wildman–Crippen MR) is 88.0 cm³/mol. The Kier molecular flexibility index (Phi) is 3.80. The molecule has 0 radical (unpaired) electrons. The zero-order valence-electron chi connectivity index (χ0n) is 12.5. The number of fused-ring (bicyclic) bond motifs is 1. The Bertz CT molecular complexity index is 828. The average molecular weight is 309 g/mol. The lowest BCUT2D eigenvalue weighted by Gasteiger charge is -2.07. The van der Waals surface area contributed by atoms with E-state index in [1.165, 1.54) is 12.1 Å². The van der Waals surface area contributed by atoms with E-state index in [-0.39, 0.29) is 17.2 Å². The van der Waals surface area contributed by atoms with Gasteiger partial charge in [0.05, 0.1) is 16.9 Å². The Morgan fingerprint density at radius 1 is 1.26 bits per heavy atom. The lowest BCUT2D eigenvalue weighted by molar-refractivity contribution is -0.110. The number of carbonyl (C=O) groups excluding carboxylic acids is 1. The second kappa shape index (κ2) is 5.92. The maximum absolute atomic E-state index is 12.1. The molecule has 0 aromatic heterocycles. The van der Waals surface area contributed by atoms with Crippen LogP contribution in [0.15, 0.2) is 47.6 Å². The van der Waals surface area contributed by atoms with Crippen LogP contribution in [-0.4, -0.2) is 22.7 Å². The molecule has 2 aromatic rings. The van der Waals surface area contributed by atoms with E-state index in [0.29, 0.717) is 11.3 Å². The highest BCUT2D eigenvalue weighted by atomic mass is 16.4. The van der Waals surface area contributed by atoms with E-state index in [0.717, 1.165) is 17.7 Å². The highest BCUT2D eigenvalue weighted by Gasteiger charge is 2.27. The van der Waals surface area contributed by atoms with Crippen LogP contribution >= 0.6 is 0 Å². The molecule has 1 aliphatic heterocycles. The van der Waals surface area contributed by atoms with E-state index in [9.17, 15) is 9.59 Å². The second-order valence-electron chi connectivity index (χ2n) is 5.10. The van der Waals surface area contributed by atoms with Crippen molar-refractivity contribution in [2.75, 3.05) is 10.7 Å². The van der Waals surface area contributed by atoms with Gasteiger partial charge in [0, 0.05) is 5.56 Å². The molecule has 1 amide bonds. The molecule has 0 spiro atoms. The predicted octanol–water partition coefficient (Wildman–Crippen LogP) is 2.72. The molecule has 0 atom stereocenters. The Balaban J connectivity index is 1.96. The number of benzene rings is 2. The smallest absolute Gasteiger partial charge is 0.335 e. The van der Waals surface area contributed by atoms with Gasteiger partial charge >= 0.3 is 5.97 Å². The zero-order valence-corrected chi connectivity index (χ0v) is 12.5. The molecular weight excluding hydrogens is 294 g/mol. The topological polar surface area (TPSA) is 90.8 Å². The van der Waals surface area contributed by atoms with Crippen molar-refractivity contribution in [2.45, 2.75) is 13.3 Å². The normalized spacial score (nSPS) is 14.5. The van der Waals surface area contributed by atoms with Gasteiger partial charge in [-0.25, -0.2) is 4.79 Å². The summed E-state index contributed by atoms with van der Waals surface area (Å²) in [4.78, 5) is 23.1. The highest BCUT2D eigenvalue weighted by molar-refractivity contribution is 6.54. The minimum Gasteiger partial charge on any atom is -0.478 e. The number of carboxylic acids is 1. The summed E-state index contributed by atoms with van der Waals surface area (Å²) in [5.74, 6) is -1.40. The fourth-order valence-corrected chi connectivity index (χ4v) is 2.45. The second-order valence-corrected chi connectivity index (χ2v) is 5.10. The van der Waals surface area contributed by atoms with Crippen LogP contribution in [0, 0.1) is 0 Å².